The van der Waals surface area contributed by atoms with Gasteiger partial charge in [0.1, 0.15) is 5.82 Å². The average molecular weight is 303 g/mol. The lowest BCUT2D eigenvalue weighted by Crippen LogP contribution is -2.20. The minimum Gasteiger partial charge on any atom is -0.382 e. The normalized spacial score (nSPS) is 12.9. The second kappa shape index (κ2) is 5.61. The van der Waals surface area contributed by atoms with Gasteiger partial charge in [-0.15, -0.1) is 0 Å². The molecule has 0 amide bonds. The zero-order valence-corrected chi connectivity index (χ0v) is 12.6. The van der Waals surface area contributed by atoms with Gasteiger partial charge in [0.05, 0.1) is 29.0 Å². The van der Waals surface area contributed by atoms with Crippen molar-refractivity contribution >= 4 is 17.2 Å². The Morgan fingerprint density at radius 3 is 2.43 bits per heavy atom. The van der Waals surface area contributed by atoms with Crippen molar-refractivity contribution in [1.29, 1.82) is 0 Å². The van der Waals surface area contributed by atoms with Crippen LogP contribution in [0.3, 0.4) is 0 Å². The number of anilines is 3. The molecule has 4 N–H and O–H groups in total. The second-order valence-corrected chi connectivity index (χ2v) is 5.47. The molecule has 114 valence electrons. The topological polar surface area (TPSA) is 75.9 Å². The largest absolute Gasteiger partial charge is 0.382 e. The third kappa shape index (κ3) is 2.57. The number of benzene rings is 2. The highest BCUT2D eigenvalue weighted by Gasteiger charge is 2.14. The van der Waals surface area contributed by atoms with Crippen molar-refractivity contribution in [3.05, 3.63) is 54.7 Å². The van der Waals surface area contributed by atoms with Crippen LogP contribution in [0.1, 0.15) is 0 Å². The number of fused-ring (bicyclic) bond motifs is 1. The third-order valence-electron chi connectivity index (χ3n) is 3.89. The van der Waals surface area contributed by atoms with E-state index in [0.29, 0.717) is 5.82 Å². The molecule has 0 unspecified atom stereocenters. The summed E-state index contributed by atoms with van der Waals surface area (Å²) in [6.45, 7) is 1.85. The summed E-state index contributed by atoms with van der Waals surface area (Å²) in [7, 11) is 0. The van der Waals surface area contributed by atoms with E-state index in [1.807, 2.05) is 30.3 Å². The maximum absolute atomic E-state index is 5.86. The molecule has 0 bridgehead atoms. The van der Waals surface area contributed by atoms with E-state index in [-0.39, 0.29) is 0 Å². The van der Waals surface area contributed by atoms with Gasteiger partial charge in [-0.25, -0.2) is 4.98 Å². The predicted molar refractivity (Wildman–Crippen MR) is 94.3 cm³/mol. The lowest BCUT2D eigenvalue weighted by Gasteiger charge is -2.20. The molecule has 5 heteroatoms. The molecule has 0 aliphatic carbocycles. The van der Waals surface area contributed by atoms with Crippen molar-refractivity contribution in [3.8, 4) is 22.5 Å². The number of nitrogen functional groups attached to an aromatic ring is 1. The zero-order chi connectivity index (χ0) is 15.6. The molecule has 0 saturated carbocycles. The van der Waals surface area contributed by atoms with Gasteiger partial charge in [0.2, 0.25) is 0 Å². The summed E-state index contributed by atoms with van der Waals surface area (Å²) in [5.41, 5.74) is 11.7. The Morgan fingerprint density at radius 2 is 1.61 bits per heavy atom. The van der Waals surface area contributed by atoms with Gasteiger partial charge in [-0.1, -0.05) is 36.4 Å². The molecule has 1 aliphatic rings. The van der Waals surface area contributed by atoms with Crippen LogP contribution in [0.2, 0.25) is 0 Å². The molecule has 0 atom stereocenters. The Morgan fingerprint density at radius 1 is 0.826 bits per heavy atom. The van der Waals surface area contributed by atoms with Crippen LogP contribution in [0.4, 0.5) is 17.2 Å². The first-order valence-electron chi connectivity index (χ1n) is 7.61. The van der Waals surface area contributed by atoms with Crippen LogP contribution in [0.25, 0.3) is 22.5 Å². The maximum Gasteiger partial charge on any atom is 0.142 e. The Kier molecular flexibility index (Phi) is 3.31. The Balaban J connectivity index is 1.86. The highest BCUT2D eigenvalue weighted by Crippen LogP contribution is 2.34. The van der Waals surface area contributed by atoms with E-state index in [1.165, 1.54) is 0 Å². The van der Waals surface area contributed by atoms with Crippen molar-refractivity contribution in [2.75, 3.05) is 29.5 Å². The molecule has 0 radical (unpaired) electrons. The molecule has 1 aliphatic heterocycles. The van der Waals surface area contributed by atoms with Crippen LogP contribution in [0.15, 0.2) is 54.7 Å². The monoisotopic (exact) mass is 303 g/mol. The lowest BCUT2D eigenvalue weighted by molar-refractivity contribution is 1.05. The highest BCUT2D eigenvalue weighted by atomic mass is 15.0. The molecule has 23 heavy (non-hydrogen) atoms. The van der Waals surface area contributed by atoms with Gasteiger partial charge < -0.3 is 16.4 Å². The fraction of sp³-hybridized carbons (Fsp3) is 0.111. The second-order valence-electron chi connectivity index (χ2n) is 5.47. The highest BCUT2D eigenvalue weighted by molar-refractivity contribution is 5.83. The van der Waals surface area contributed by atoms with Crippen molar-refractivity contribution in [3.63, 3.8) is 0 Å². The zero-order valence-electron chi connectivity index (χ0n) is 12.6. The predicted octanol–water partition coefficient (Wildman–Crippen LogP) is 3.23. The van der Waals surface area contributed by atoms with Crippen LogP contribution in [-0.2, 0) is 0 Å². The number of nitrogens with one attached hydrogen (secondary N) is 2. The first-order valence-corrected chi connectivity index (χ1v) is 7.61. The minimum atomic E-state index is 0.422. The number of aromatic nitrogens is 2. The third-order valence-corrected chi connectivity index (χ3v) is 3.89. The molecule has 3 aromatic rings. The van der Waals surface area contributed by atoms with Crippen LogP contribution in [0, 0.1) is 0 Å². The Bertz CT molecular complexity index is 845. The fourth-order valence-corrected chi connectivity index (χ4v) is 2.80. The summed E-state index contributed by atoms with van der Waals surface area (Å²) in [5.74, 6) is 0.422. The molecule has 2 aromatic carbocycles. The standard InChI is InChI=1S/C18H17N5/c19-16-11-22-17(18(23-16)12-4-2-1-3-5-12)13-6-7-14-15(10-13)21-9-8-20-14/h1-7,10-11,20-21H,8-9H2,(H2,19,23). The van der Waals surface area contributed by atoms with Gasteiger partial charge in [0.25, 0.3) is 0 Å². The van der Waals surface area contributed by atoms with Gasteiger partial charge in [0.15, 0.2) is 0 Å². The molecule has 0 fully saturated rings. The van der Waals surface area contributed by atoms with Crippen LogP contribution >= 0.6 is 0 Å². The van der Waals surface area contributed by atoms with E-state index in [2.05, 4.69) is 38.8 Å². The first-order chi connectivity index (χ1) is 11.3. The lowest BCUT2D eigenvalue weighted by atomic mass is 10.0. The molecule has 5 nitrogen and oxygen atoms in total. The molecule has 0 spiro atoms. The summed E-state index contributed by atoms with van der Waals surface area (Å²) < 4.78 is 0. The molecule has 2 heterocycles. The molecule has 0 saturated heterocycles. The van der Waals surface area contributed by atoms with Crippen molar-refractivity contribution in [2.45, 2.75) is 0 Å². The quantitative estimate of drug-likeness (QED) is 0.677. The summed E-state index contributed by atoms with van der Waals surface area (Å²) in [6, 6.07) is 16.2. The van der Waals surface area contributed by atoms with Gasteiger partial charge >= 0.3 is 0 Å². The summed E-state index contributed by atoms with van der Waals surface area (Å²) in [4.78, 5) is 9.05. The van der Waals surface area contributed by atoms with E-state index in [1.54, 1.807) is 6.20 Å². The van der Waals surface area contributed by atoms with E-state index < -0.39 is 0 Å². The smallest absolute Gasteiger partial charge is 0.142 e. The molecule has 4 rings (SSSR count). The summed E-state index contributed by atoms with van der Waals surface area (Å²) in [5, 5.41) is 6.79. The van der Waals surface area contributed by atoms with Gasteiger partial charge in [-0.2, -0.15) is 0 Å². The number of hydrogen-bond acceptors (Lipinski definition) is 5. The van der Waals surface area contributed by atoms with Gasteiger partial charge in [-0.3, -0.25) is 4.98 Å². The summed E-state index contributed by atoms with van der Waals surface area (Å²) >= 11 is 0. The maximum atomic E-state index is 5.86. The van der Waals surface area contributed by atoms with E-state index in [4.69, 9.17) is 5.73 Å². The number of hydrogen-bond donors (Lipinski definition) is 3. The van der Waals surface area contributed by atoms with Crippen LogP contribution < -0.4 is 16.4 Å². The van der Waals surface area contributed by atoms with Gasteiger partial charge in [-0.05, 0) is 12.1 Å². The number of rotatable bonds is 2. The van der Waals surface area contributed by atoms with Crippen molar-refractivity contribution in [1.82, 2.24) is 9.97 Å². The number of nitrogens with zero attached hydrogens (tertiary/aromatic N) is 2. The molecular weight excluding hydrogens is 286 g/mol. The Hall–Kier alpha value is -3.08. The van der Waals surface area contributed by atoms with Crippen molar-refractivity contribution in [2.24, 2.45) is 0 Å². The van der Waals surface area contributed by atoms with Crippen LogP contribution in [-0.4, -0.2) is 23.1 Å². The molecular formula is C18H17N5. The summed E-state index contributed by atoms with van der Waals surface area (Å²) in [6.07, 6.45) is 1.60. The SMILES string of the molecule is Nc1cnc(-c2ccc3c(c2)NCCN3)c(-c2ccccc2)n1. The van der Waals surface area contributed by atoms with E-state index in [0.717, 1.165) is 47.0 Å². The fourth-order valence-electron chi connectivity index (χ4n) is 2.80. The van der Waals surface area contributed by atoms with Gasteiger partial charge in [0, 0.05) is 24.2 Å². The van der Waals surface area contributed by atoms with Crippen molar-refractivity contribution < 1.29 is 0 Å². The molecule has 1 aromatic heterocycles. The number of nitrogens with two attached hydrogens (primary N) is 1. The first kappa shape index (κ1) is 13.6. The minimum absolute atomic E-state index is 0.422. The van der Waals surface area contributed by atoms with Crippen LogP contribution in [0.5, 0.6) is 0 Å². The van der Waals surface area contributed by atoms with E-state index >= 15 is 0 Å². The Labute approximate surface area is 134 Å². The average Bonchev–Trinajstić information content (AvgIpc) is 2.62. The van der Waals surface area contributed by atoms with E-state index in [9.17, 15) is 0 Å².